The van der Waals surface area contributed by atoms with E-state index in [2.05, 4.69) is 14.9 Å². The standard InChI is InChI=1S/C20H20F4N4O3S/c1-10-3-12(19-13(22)4-11(21)5-14(19)23)20(25-7-10)17-6-18(26-31-17)28-8-15(24)16(9-28)27-32(2,29)30/h3-5,7,15-17,27H,6,8-9H2,1-2H3/t15-,16-,17+/m1/s1. The lowest BCUT2D eigenvalue weighted by atomic mass is 9.97. The number of rotatable bonds is 4. The maximum Gasteiger partial charge on any atom is 0.209 e. The van der Waals surface area contributed by atoms with Crippen LogP contribution >= 0.6 is 0 Å². The molecule has 0 unspecified atom stereocenters. The van der Waals surface area contributed by atoms with Crippen LogP contribution in [0.5, 0.6) is 0 Å². The van der Waals surface area contributed by atoms with Crippen molar-refractivity contribution in [3.8, 4) is 11.1 Å². The lowest BCUT2D eigenvalue weighted by Gasteiger charge is -2.18. The quantitative estimate of drug-likeness (QED) is 0.692. The van der Waals surface area contributed by atoms with Crippen LogP contribution < -0.4 is 4.72 Å². The summed E-state index contributed by atoms with van der Waals surface area (Å²) in [7, 11) is -3.59. The second-order valence-corrected chi connectivity index (χ2v) is 9.69. The summed E-state index contributed by atoms with van der Waals surface area (Å²) in [6.07, 6.45) is 0.323. The van der Waals surface area contributed by atoms with Crippen molar-refractivity contribution >= 4 is 15.9 Å². The monoisotopic (exact) mass is 472 g/mol. The maximum absolute atomic E-state index is 14.5. The number of benzene rings is 1. The van der Waals surface area contributed by atoms with Gasteiger partial charge >= 0.3 is 0 Å². The molecule has 4 rings (SSSR count). The molecule has 0 saturated carbocycles. The Balaban J connectivity index is 1.58. The minimum Gasteiger partial charge on any atom is -0.384 e. The zero-order valence-corrected chi connectivity index (χ0v) is 18.0. The number of alkyl halides is 1. The summed E-state index contributed by atoms with van der Waals surface area (Å²) in [4.78, 5) is 11.3. The Morgan fingerprint density at radius 3 is 2.50 bits per heavy atom. The highest BCUT2D eigenvalue weighted by Crippen LogP contribution is 2.37. The SMILES string of the molecule is Cc1cnc([C@@H]2CC(N3C[C@@H](F)[C@H](NS(C)(=O)=O)C3)=NO2)c(-c2c(F)cc(F)cc2F)c1. The van der Waals surface area contributed by atoms with Crippen molar-refractivity contribution in [2.24, 2.45) is 5.16 Å². The van der Waals surface area contributed by atoms with Crippen LogP contribution in [0.25, 0.3) is 11.1 Å². The smallest absolute Gasteiger partial charge is 0.209 e. The summed E-state index contributed by atoms with van der Waals surface area (Å²) in [6, 6.07) is 1.76. The van der Waals surface area contributed by atoms with Crippen molar-refractivity contribution in [1.82, 2.24) is 14.6 Å². The van der Waals surface area contributed by atoms with Gasteiger partial charge < -0.3 is 9.74 Å². The van der Waals surface area contributed by atoms with E-state index >= 15 is 0 Å². The number of aryl methyl sites for hydroxylation is 1. The number of hydrogen-bond acceptors (Lipinski definition) is 6. The molecule has 0 aliphatic carbocycles. The van der Waals surface area contributed by atoms with Gasteiger partial charge in [-0.2, -0.15) is 0 Å². The zero-order chi connectivity index (χ0) is 23.2. The Kier molecular flexibility index (Phi) is 5.84. The first-order chi connectivity index (χ1) is 15.0. The van der Waals surface area contributed by atoms with Crippen molar-refractivity contribution < 1.29 is 30.8 Å². The maximum atomic E-state index is 14.5. The van der Waals surface area contributed by atoms with Crippen LogP contribution in [0, 0.1) is 24.4 Å². The van der Waals surface area contributed by atoms with Crippen LogP contribution in [0.1, 0.15) is 23.8 Å². The third-order valence-electron chi connectivity index (χ3n) is 5.27. The molecule has 3 atom stereocenters. The van der Waals surface area contributed by atoms with E-state index in [0.717, 1.165) is 6.26 Å². The topological polar surface area (TPSA) is 83.9 Å². The molecule has 3 heterocycles. The number of amidine groups is 1. The van der Waals surface area contributed by atoms with Gasteiger partial charge in [-0.05, 0) is 18.6 Å². The molecule has 2 aromatic rings. The Morgan fingerprint density at radius 1 is 1.16 bits per heavy atom. The molecule has 1 fully saturated rings. The lowest BCUT2D eigenvalue weighted by molar-refractivity contribution is 0.0828. The summed E-state index contributed by atoms with van der Waals surface area (Å²) < 4.78 is 81.7. The summed E-state index contributed by atoms with van der Waals surface area (Å²) >= 11 is 0. The fraction of sp³-hybridized carbons (Fsp3) is 0.400. The van der Waals surface area contributed by atoms with E-state index in [9.17, 15) is 26.0 Å². The number of nitrogens with one attached hydrogen (secondary N) is 1. The molecule has 0 radical (unpaired) electrons. The minimum absolute atomic E-state index is 0.0541. The highest BCUT2D eigenvalue weighted by atomic mass is 32.2. The number of likely N-dealkylation sites (tertiary alicyclic amines) is 1. The normalized spacial score (nSPS) is 23.4. The molecule has 0 spiro atoms. The molecule has 0 bridgehead atoms. The van der Waals surface area contributed by atoms with E-state index in [-0.39, 0.29) is 30.8 Å². The lowest BCUT2D eigenvalue weighted by Crippen LogP contribution is -2.41. The molecule has 7 nitrogen and oxygen atoms in total. The molecule has 1 N–H and O–H groups in total. The van der Waals surface area contributed by atoms with Crippen molar-refractivity contribution in [1.29, 1.82) is 0 Å². The third-order valence-corrected chi connectivity index (χ3v) is 6.00. The second kappa shape index (κ2) is 8.32. The molecule has 2 aliphatic heterocycles. The fourth-order valence-electron chi connectivity index (χ4n) is 3.90. The molecule has 1 saturated heterocycles. The Labute approximate surface area is 182 Å². The zero-order valence-electron chi connectivity index (χ0n) is 17.1. The van der Waals surface area contributed by atoms with Crippen molar-refractivity contribution in [2.45, 2.75) is 31.7 Å². The second-order valence-electron chi connectivity index (χ2n) is 7.91. The van der Waals surface area contributed by atoms with Gasteiger partial charge in [-0.25, -0.2) is 30.7 Å². The van der Waals surface area contributed by atoms with E-state index in [4.69, 9.17) is 4.84 Å². The summed E-state index contributed by atoms with van der Waals surface area (Å²) in [5.74, 6) is -2.83. The van der Waals surface area contributed by atoms with Gasteiger partial charge in [0, 0.05) is 30.4 Å². The summed E-state index contributed by atoms with van der Waals surface area (Å²) in [5.41, 5.74) is 0.487. The molecule has 172 valence electrons. The van der Waals surface area contributed by atoms with Crippen LogP contribution in [0.4, 0.5) is 17.6 Å². The summed E-state index contributed by atoms with van der Waals surface area (Å²) in [5, 5.41) is 3.97. The first kappa shape index (κ1) is 22.5. The molecular formula is C20H20F4N4O3S. The summed E-state index contributed by atoms with van der Waals surface area (Å²) in [6.45, 7) is 1.66. The number of aromatic nitrogens is 1. The molecule has 12 heteroatoms. The molecule has 2 aliphatic rings. The predicted octanol–water partition coefficient (Wildman–Crippen LogP) is 2.82. The van der Waals surface area contributed by atoms with Gasteiger partial charge in [-0.3, -0.25) is 4.98 Å². The van der Waals surface area contributed by atoms with Crippen LogP contribution in [-0.2, 0) is 14.9 Å². The highest BCUT2D eigenvalue weighted by Gasteiger charge is 2.39. The highest BCUT2D eigenvalue weighted by molar-refractivity contribution is 7.88. The average Bonchev–Trinajstić information content (AvgIpc) is 3.27. The number of halogens is 4. The van der Waals surface area contributed by atoms with Gasteiger partial charge in [0.15, 0.2) is 6.10 Å². The number of nitrogens with zero attached hydrogens (tertiary/aromatic N) is 3. The van der Waals surface area contributed by atoms with Crippen LogP contribution in [-0.4, -0.2) is 55.7 Å². The van der Waals surface area contributed by atoms with E-state index in [1.54, 1.807) is 11.8 Å². The van der Waals surface area contributed by atoms with E-state index < -0.39 is 51.4 Å². The Morgan fingerprint density at radius 2 is 1.84 bits per heavy atom. The van der Waals surface area contributed by atoms with E-state index in [0.29, 0.717) is 23.5 Å². The van der Waals surface area contributed by atoms with Gasteiger partial charge in [-0.1, -0.05) is 5.16 Å². The number of oxime groups is 1. The van der Waals surface area contributed by atoms with Gasteiger partial charge in [0.05, 0.1) is 36.5 Å². The molecule has 32 heavy (non-hydrogen) atoms. The molecule has 0 amide bonds. The number of pyridine rings is 1. The van der Waals surface area contributed by atoms with E-state index in [1.807, 2.05) is 0 Å². The number of hydrogen-bond donors (Lipinski definition) is 1. The van der Waals surface area contributed by atoms with Gasteiger partial charge in [0.25, 0.3) is 0 Å². The molecule has 1 aromatic heterocycles. The van der Waals surface area contributed by atoms with Crippen molar-refractivity contribution in [3.63, 3.8) is 0 Å². The first-order valence-electron chi connectivity index (χ1n) is 9.72. The third kappa shape index (κ3) is 4.56. The fourth-order valence-corrected chi connectivity index (χ4v) is 4.67. The first-order valence-corrected chi connectivity index (χ1v) is 11.6. The Bertz CT molecular complexity index is 1170. The van der Waals surface area contributed by atoms with Gasteiger partial charge in [-0.15, -0.1) is 0 Å². The number of sulfonamides is 1. The van der Waals surface area contributed by atoms with Crippen LogP contribution in [0.3, 0.4) is 0 Å². The molecule has 1 aromatic carbocycles. The Hall–Kier alpha value is -2.73. The largest absolute Gasteiger partial charge is 0.384 e. The van der Waals surface area contributed by atoms with Crippen LogP contribution in [0.15, 0.2) is 29.6 Å². The average molecular weight is 472 g/mol. The van der Waals surface area contributed by atoms with E-state index in [1.165, 1.54) is 12.3 Å². The van der Waals surface area contributed by atoms with Crippen molar-refractivity contribution in [2.75, 3.05) is 19.3 Å². The van der Waals surface area contributed by atoms with Crippen LogP contribution in [0.2, 0.25) is 0 Å². The van der Waals surface area contributed by atoms with Gasteiger partial charge in [0.2, 0.25) is 10.0 Å². The predicted molar refractivity (Wildman–Crippen MR) is 108 cm³/mol. The van der Waals surface area contributed by atoms with Crippen molar-refractivity contribution in [3.05, 3.63) is 53.1 Å². The minimum atomic E-state index is -3.59. The van der Waals surface area contributed by atoms with Gasteiger partial charge in [0.1, 0.15) is 29.5 Å². The molecular weight excluding hydrogens is 452 g/mol.